The molecule has 1 aliphatic heterocycles. The lowest BCUT2D eigenvalue weighted by atomic mass is 10.0. The van der Waals surface area contributed by atoms with Crippen LogP contribution in [0.2, 0.25) is 0 Å². The Morgan fingerprint density at radius 1 is 0.814 bits per heavy atom. The minimum absolute atomic E-state index is 0.158. The average molecular weight is 596 g/mol. The van der Waals surface area contributed by atoms with E-state index in [2.05, 4.69) is 10.6 Å². The van der Waals surface area contributed by atoms with Crippen LogP contribution in [-0.2, 0) is 27.4 Å². The number of hydrogen-bond donors (Lipinski definition) is 2. The number of carbonyl (C=O) groups is 3. The summed E-state index contributed by atoms with van der Waals surface area (Å²) in [5, 5.41) is 5.84. The molecule has 2 aromatic rings. The molecule has 0 bridgehead atoms. The molecular weight excluding hydrogens is 546 g/mol. The molecule has 1 heterocycles. The topological polar surface area (TPSA) is 106 Å². The zero-order chi connectivity index (χ0) is 31.4. The standard InChI is InChI=1S/C34H49N3O6/c1-24(2)21-29(36-33(40)37-19-9-7-8-10-20-37)31(38)35-30(32(39)43-34(3,4)5)22-25-11-17-28(18-12-25)42-23-26-13-15-27(41-6)16-14-26/h11-18,24,29-30H,7-10,19-23H2,1-6H3,(H,35,38)(H,36,40)/t29-,30-/m0/s1. The number of esters is 1. The largest absolute Gasteiger partial charge is 0.497 e. The van der Waals surface area contributed by atoms with Gasteiger partial charge in [0.15, 0.2) is 0 Å². The quantitative estimate of drug-likeness (QED) is 0.308. The van der Waals surface area contributed by atoms with Gasteiger partial charge in [0.05, 0.1) is 7.11 Å². The number of likely N-dealkylation sites (tertiary alicyclic amines) is 1. The third-order valence-corrected chi connectivity index (χ3v) is 7.15. The average Bonchev–Trinajstić information content (AvgIpc) is 3.25. The van der Waals surface area contributed by atoms with Crippen LogP contribution >= 0.6 is 0 Å². The molecule has 0 saturated carbocycles. The molecule has 0 aromatic heterocycles. The van der Waals surface area contributed by atoms with Crippen LogP contribution in [-0.4, -0.2) is 60.7 Å². The van der Waals surface area contributed by atoms with E-state index >= 15 is 0 Å². The molecule has 43 heavy (non-hydrogen) atoms. The van der Waals surface area contributed by atoms with Gasteiger partial charge in [0.2, 0.25) is 5.91 Å². The van der Waals surface area contributed by atoms with Gasteiger partial charge in [0.25, 0.3) is 0 Å². The van der Waals surface area contributed by atoms with E-state index in [1.54, 1.807) is 32.8 Å². The van der Waals surface area contributed by atoms with Crippen molar-refractivity contribution in [2.24, 2.45) is 5.92 Å². The van der Waals surface area contributed by atoms with Crippen molar-refractivity contribution < 1.29 is 28.6 Å². The van der Waals surface area contributed by atoms with Crippen LogP contribution in [0.15, 0.2) is 48.5 Å². The second kappa shape index (κ2) is 16.2. The van der Waals surface area contributed by atoms with Crippen molar-refractivity contribution in [2.45, 2.75) is 97.4 Å². The molecule has 0 unspecified atom stereocenters. The summed E-state index contributed by atoms with van der Waals surface area (Å²) in [6.45, 7) is 11.2. The Hall–Kier alpha value is -3.75. The molecule has 1 aliphatic rings. The van der Waals surface area contributed by atoms with E-state index in [-0.39, 0.29) is 18.4 Å². The third kappa shape index (κ3) is 11.8. The van der Waals surface area contributed by atoms with E-state index in [0.717, 1.165) is 42.6 Å². The molecule has 2 aromatic carbocycles. The fourth-order valence-electron chi connectivity index (χ4n) is 4.90. The number of hydrogen-bond acceptors (Lipinski definition) is 6. The van der Waals surface area contributed by atoms with Crippen molar-refractivity contribution in [3.05, 3.63) is 59.7 Å². The van der Waals surface area contributed by atoms with Gasteiger partial charge in [0.1, 0.15) is 35.8 Å². The van der Waals surface area contributed by atoms with Gasteiger partial charge in [-0.15, -0.1) is 0 Å². The number of ether oxygens (including phenoxy) is 3. The second-order valence-corrected chi connectivity index (χ2v) is 12.6. The molecule has 9 heteroatoms. The maximum atomic E-state index is 13.6. The maximum absolute atomic E-state index is 13.6. The molecule has 3 rings (SSSR count). The summed E-state index contributed by atoms with van der Waals surface area (Å²) in [5.74, 6) is 0.710. The maximum Gasteiger partial charge on any atom is 0.329 e. The summed E-state index contributed by atoms with van der Waals surface area (Å²) in [5.41, 5.74) is 1.12. The summed E-state index contributed by atoms with van der Waals surface area (Å²) >= 11 is 0. The SMILES string of the molecule is COc1ccc(COc2ccc(C[C@H](NC(=O)[C@H](CC(C)C)NC(=O)N3CCCCCC3)C(=O)OC(C)(C)C)cc2)cc1. The van der Waals surface area contributed by atoms with Gasteiger partial charge in [-0.05, 0) is 81.3 Å². The first kappa shape index (κ1) is 33.7. The Morgan fingerprint density at radius 3 is 1.95 bits per heavy atom. The zero-order valence-electron chi connectivity index (χ0n) is 26.6. The van der Waals surface area contributed by atoms with Crippen molar-refractivity contribution >= 4 is 17.9 Å². The molecule has 0 radical (unpaired) electrons. The first-order chi connectivity index (χ1) is 20.4. The highest BCUT2D eigenvalue weighted by molar-refractivity contribution is 5.90. The highest BCUT2D eigenvalue weighted by Gasteiger charge is 2.31. The van der Waals surface area contributed by atoms with Gasteiger partial charge >= 0.3 is 12.0 Å². The van der Waals surface area contributed by atoms with Gasteiger partial charge < -0.3 is 29.7 Å². The first-order valence-electron chi connectivity index (χ1n) is 15.4. The molecule has 0 aliphatic carbocycles. The minimum Gasteiger partial charge on any atom is -0.497 e. The van der Waals surface area contributed by atoms with Gasteiger partial charge in [0, 0.05) is 19.5 Å². The Balaban J connectivity index is 1.69. The number of nitrogens with zero attached hydrogens (tertiary/aromatic N) is 1. The molecule has 2 N–H and O–H groups in total. The van der Waals surface area contributed by atoms with Crippen LogP contribution in [0.5, 0.6) is 11.5 Å². The van der Waals surface area contributed by atoms with Crippen LogP contribution in [0.3, 0.4) is 0 Å². The van der Waals surface area contributed by atoms with Crippen molar-refractivity contribution in [3.63, 3.8) is 0 Å². The molecule has 3 amide bonds. The number of nitrogens with one attached hydrogen (secondary N) is 2. The molecule has 2 atom stereocenters. The van der Waals surface area contributed by atoms with E-state index in [1.165, 1.54) is 0 Å². The van der Waals surface area contributed by atoms with E-state index in [1.807, 2.05) is 62.4 Å². The van der Waals surface area contributed by atoms with Gasteiger partial charge in [-0.2, -0.15) is 0 Å². The van der Waals surface area contributed by atoms with Crippen molar-refractivity contribution in [1.29, 1.82) is 0 Å². The summed E-state index contributed by atoms with van der Waals surface area (Å²) in [7, 11) is 1.63. The number of amides is 3. The Labute approximate surface area is 256 Å². The van der Waals surface area contributed by atoms with Gasteiger partial charge in [-0.3, -0.25) is 4.79 Å². The van der Waals surface area contributed by atoms with E-state index in [9.17, 15) is 14.4 Å². The smallest absolute Gasteiger partial charge is 0.329 e. The predicted molar refractivity (Wildman–Crippen MR) is 167 cm³/mol. The van der Waals surface area contributed by atoms with E-state index in [0.29, 0.717) is 31.9 Å². The highest BCUT2D eigenvalue weighted by Crippen LogP contribution is 2.19. The first-order valence-corrected chi connectivity index (χ1v) is 15.4. The number of methoxy groups -OCH3 is 1. The number of carbonyl (C=O) groups excluding carboxylic acids is 3. The van der Waals surface area contributed by atoms with Crippen LogP contribution in [0.25, 0.3) is 0 Å². The van der Waals surface area contributed by atoms with Crippen molar-refractivity contribution in [1.82, 2.24) is 15.5 Å². The fourth-order valence-corrected chi connectivity index (χ4v) is 4.90. The second-order valence-electron chi connectivity index (χ2n) is 12.6. The number of rotatable bonds is 12. The van der Waals surface area contributed by atoms with Crippen molar-refractivity contribution in [3.8, 4) is 11.5 Å². The summed E-state index contributed by atoms with van der Waals surface area (Å²) in [6, 6.07) is 13.2. The minimum atomic E-state index is -0.928. The lowest BCUT2D eigenvalue weighted by molar-refractivity contribution is -0.158. The fraction of sp³-hybridized carbons (Fsp3) is 0.559. The van der Waals surface area contributed by atoms with Crippen LogP contribution in [0.1, 0.15) is 77.8 Å². The normalized spacial score (nSPS) is 15.2. The van der Waals surface area contributed by atoms with Gasteiger partial charge in [-0.25, -0.2) is 9.59 Å². The zero-order valence-corrected chi connectivity index (χ0v) is 26.6. The predicted octanol–water partition coefficient (Wildman–Crippen LogP) is 5.64. The van der Waals surface area contributed by atoms with Crippen LogP contribution < -0.4 is 20.1 Å². The molecule has 9 nitrogen and oxygen atoms in total. The lowest BCUT2D eigenvalue weighted by Crippen LogP contribution is -2.55. The molecule has 1 fully saturated rings. The summed E-state index contributed by atoms with van der Waals surface area (Å²) < 4.78 is 16.8. The number of benzene rings is 2. The molecule has 236 valence electrons. The van der Waals surface area contributed by atoms with Crippen LogP contribution in [0.4, 0.5) is 4.79 Å². The Bertz CT molecular complexity index is 1170. The Morgan fingerprint density at radius 2 is 1.40 bits per heavy atom. The monoisotopic (exact) mass is 595 g/mol. The summed E-state index contributed by atoms with van der Waals surface area (Å²) in [6.07, 6.45) is 4.81. The van der Waals surface area contributed by atoms with E-state index < -0.39 is 29.6 Å². The van der Waals surface area contributed by atoms with Crippen molar-refractivity contribution in [2.75, 3.05) is 20.2 Å². The van der Waals surface area contributed by atoms with E-state index in [4.69, 9.17) is 14.2 Å². The Kier molecular flexibility index (Phi) is 12.7. The molecule has 1 saturated heterocycles. The summed E-state index contributed by atoms with van der Waals surface area (Å²) in [4.78, 5) is 41.7. The molecule has 0 spiro atoms. The highest BCUT2D eigenvalue weighted by atomic mass is 16.6. The molecular formula is C34H49N3O6. The third-order valence-electron chi connectivity index (χ3n) is 7.15. The van der Waals surface area contributed by atoms with Gasteiger partial charge in [-0.1, -0.05) is 51.0 Å². The lowest BCUT2D eigenvalue weighted by Gasteiger charge is -2.28. The number of urea groups is 1. The van der Waals surface area contributed by atoms with Crippen LogP contribution in [0, 0.1) is 5.92 Å².